The van der Waals surface area contributed by atoms with Gasteiger partial charge in [-0.05, 0) is 18.9 Å². The van der Waals surface area contributed by atoms with Gasteiger partial charge in [-0.3, -0.25) is 14.4 Å². The molecule has 23 heavy (non-hydrogen) atoms. The molecule has 2 aromatic rings. The van der Waals surface area contributed by atoms with Crippen molar-refractivity contribution in [3.8, 4) is 0 Å². The number of carbonyl (C=O) groups excluding carboxylic acids is 3. The molecule has 2 fully saturated rings. The Labute approximate surface area is 138 Å². The SMILES string of the molecule is O=Cc1sc2ccccc2c1N1CCC2(CC1)C(=O)CCC2=O. The highest BCUT2D eigenvalue weighted by atomic mass is 32.1. The van der Waals surface area contributed by atoms with Crippen LogP contribution in [0, 0.1) is 5.41 Å². The van der Waals surface area contributed by atoms with E-state index in [9.17, 15) is 14.4 Å². The second-order valence-electron chi connectivity index (χ2n) is 6.34. The van der Waals surface area contributed by atoms with Crippen molar-refractivity contribution in [3.05, 3.63) is 29.1 Å². The van der Waals surface area contributed by atoms with Crippen LogP contribution in [0.5, 0.6) is 0 Å². The zero-order valence-corrected chi connectivity index (χ0v) is 13.5. The van der Waals surface area contributed by atoms with E-state index in [0.717, 1.165) is 26.9 Å². The molecule has 1 saturated carbocycles. The lowest BCUT2D eigenvalue weighted by atomic mass is 9.75. The fourth-order valence-corrected chi connectivity index (χ4v) is 5.03. The van der Waals surface area contributed by atoms with Gasteiger partial charge in [-0.1, -0.05) is 18.2 Å². The number of hydrogen-bond donors (Lipinski definition) is 0. The van der Waals surface area contributed by atoms with Crippen molar-refractivity contribution in [2.24, 2.45) is 5.41 Å². The van der Waals surface area contributed by atoms with Crippen molar-refractivity contribution in [1.29, 1.82) is 0 Å². The van der Waals surface area contributed by atoms with E-state index in [0.29, 0.717) is 38.8 Å². The largest absolute Gasteiger partial charge is 0.370 e. The summed E-state index contributed by atoms with van der Waals surface area (Å²) in [5.74, 6) is 0.237. The molecule has 1 spiro atoms. The summed E-state index contributed by atoms with van der Waals surface area (Å²) in [5, 5.41) is 1.08. The highest BCUT2D eigenvalue weighted by molar-refractivity contribution is 7.21. The zero-order chi connectivity index (χ0) is 16.0. The number of anilines is 1. The van der Waals surface area contributed by atoms with Crippen LogP contribution in [-0.4, -0.2) is 30.9 Å². The van der Waals surface area contributed by atoms with Gasteiger partial charge in [0.2, 0.25) is 0 Å². The number of Topliss-reactive ketones (excluding diaryl/α,β-unsaturated/α-hetero) is 2. The Morgan fingerprint density at radius 3 is 2.35 bits per heavy atom. The fourth-order valence-electron chi connectivity index (χ4n) is 3.99. The highest BCUT2D eigenvalue weighted by Gasteiger charge is 2.50. The predicted molar refractivity (Wildman–Crippen MR) is 90.3 cm³/mol. The number of nitrogens with zero attached hydrogens (tertiary/aromatic N) is 1. The lowest BCUT2D eigenvalue weighted by Crippen LogP contribution is -2.45. The van der Waals surface area contributed by atoms with Gasteiger partial charge in [0.25, 0.3) is 0 Å². The van der Waals surface area contributed by atoms with E-state index in [2.05, 4.69) is 4.90 Å². The Balaban J connectivity index is 1.68. The van der Waals surface area contributed by atoms with Gasteiger partial charge in [0.1, 0.15) is 11.6 Å². The number of thiophene rings is 1. The first-order valence-corrected chi connectivity index (χ1v) is 8.75. The molecule has 0 bridgehead atoms. The summed E-state index contributed by atoms with van der Waals surface area (Å²) in [7, 11) is 0. The van der Waals surface area contributed by atoms with Crippen molar-refractivity contribution in [3.63, 3.8) is 0 Å². The summed E-state index contributed by atoms with van der Waals surface area (Å²) in [6, 6.07) is 8.00. The van der Waals surface area contributed by atoms with Crippen LogP contribution in [0.3, 0.4) is 0 Å². The van der Waals surface area contributed by atoms with Crippen LogP contribution in [0.25, 0.3) is 10.1 Å². The van der Waals surface area contributed by atoms with Crippen LogP contribution < -0.4 is 4.90 Å². The van der Waals surface area contributed by atoms with Crippen molar-refractivity contribution in [2.75, 3.05) is 18.0 Å². The van der Waals surface area contributed by atoms with Gasteiger partial charge >= 0.3 is 0 Å². The molecular weight excluding hydrogens is 310 g/mol. The lowest BCUT2D eigenvalue weighted by Gasteiger charge is -2.38. The van der Waals surface area contributed by atoms with Crippen molar-refractivity contribution >= 4 is 45.0 Å². The molecule has 5 heteroatoms. The van der Waals surface area contributed by atoms with Crippen LogP contribution >= 0.6 is 11.3 Å². The topological polar surface area (TPSA) is 54.5 Å². The Morgan fingerprint density at radius 2 is 1.70 bits per heavy atom. The molecule has 1 aliphatic carbocycles. The summed E-state index contributed by atoms with van der Waals surface area (Å²) in [6.45, 7) is 1.30. The van der Waals surface area contributed by atoms with Gasteiger partial charge in [-0.15, -0.1) is 11.3 Å². The van der Waals surface area contributed by atoms with E-state index in [1.54, 1.807) is 0 Å². The normalized spacial score (nSPS) is 20.6. The molecule has 1 aromatic heterocycles. The standard InChI is InChI=1S/C18H17NO3S/c20-11-14-17(12-3-1-2-4-13(12)23-14)19-9-7-18(8-10-19)15(21)5-6-16(18)22/h1-4,11H,5-10H2. The van der Waals surface area contributed by atoms with Crippen molar-refractivity contribution in [2.45, 2.75) is 25.7 Å². The third-order valence-electron chi connectivity index (χ3n) is 5.28. The molecule has 4 nitrogen and oxygen atoms in total. The minimum atomic E-state index is -0.732. The smallest absolute Gasteiger partial charge is 0.162 e. The molecule has 0 amide bonds. The Kier molecular flexibility index (Phi) is 3.34. The summed E-state index contributed by atoms with van der Waals surface area (Å²) in [6.07, 6.45) is 2.87. The van der Waals surface area contributed by atoms with E-state index in [1.165, 1.54) is 11.3 Å². The average Bonchev–Trinajstić information content (AvgIpc) is 3.09. The quantitative estimate of drug-likeness (QED) is 0.628. The Morgan fingerprint density at radius 1 is 1.04 bits per heavy atom. The van der Waals surface area contributed by atoms with E-state index in [4.69, 9.17) is 0 Å². The number of fused-ring (bicyclic) bond motifs is 1. The fraction of sp³-hybridized carbons (Fsp3) is 0.389. The van der Waals surface area contributed by atoms with Crippen LogP contribution in [0.4, 0.5) is 5.69 Å². The molecule has 2 aliphatic rings. The predicted octanol–water partition coefficient (Wildman–Crippen LogP) is 3.23. The van der Waals surface area contributed by atoms with E-state index >= 15 is 0 Å². The average molecular weight is 327 g/mol. The van der Waals surface area contributed by atoms with Gasteiger partial charge in [0, 0.05) is 36.0 Å². The van der Waals surface area contributed by atoms with E-state index < -0.39 is 5.41 Å². The van der Waals surface area contributed by atoms with Crippen molar-refractivity contribution in [1.82, 2.24) is 0 Å². The summed E-state index contributed by atoms with van der Waals surface area (Å²) < 4.78 is 1.10. The summed E-state index contributed by atoms with van der Waals surface area (Å²) in [4.78, 5) is 38.8. The molecule has 1 aromatic carbocycles. The molecule has 0 radical (unpaired) electrons. The van der Waals surface area contributed by atoms with E-state index in [-0.39, 0.29) is 11.6 Å². The number of rotatable bonds is 2. The minimum absolute atomic E-state index is 0.118. The Bertz CT molecular complexity index is 797. The molecule has 0 atom stereocenters. The molecule has 4 rings (SSSR count). The number of piperidine rings is 1. The molecule has 0 N–H and O–H groups in total. The van der Waals surface area contributed by atoms with E-state index in [1.807, 2.05) is 24.3 Å². The molecule has 2 heterocycles. The van der Waals surface area contributed by atoms with Gasteiger partial charge in [0.15, 0.2) is 6.29 Å². The monoisotopic (exact) mass is 327 g/mol. The first-order chi connectivity index (χ1) is 11.2. The number of carbonyl (C=O) groups is 3. The van der Waals surface area contributed by atoms with Gasteiger partial charge in [-0.25, -0.2) is 0 Å². The third-order valence-corrected chi connectivity index (χ3v) is 6.37. The maximum absolute atomic E-state index is 12.2. The summed E-state index contributed by atoms with van der Waals surface area (Å²) in [5.41, 5.74) is 0.234. The second kappa shape index (κ2) is 5.27. The zero-order valence-electron chi connectivity index (χ0n) is 12.7. The molecular formula is C18H17NO3S. The number of aldehydes is 1. The highest BCUT2D eigenvalue weighted by Crippen LogP contribution is 2.44. The molecule has 118 valence electrons. The first-order valence-electron chi connectivity index (χ1n) is 7.94. The Hall–Kier alpha value is -2.01. The third kappa shape index (κ3) is 2.06. The lowest BCUT2D eigenvalue weighted by molar-refractivity contribution is -0.136. The second-order valence-corrected chi connectivity index (χ2v) is 7.43. The van der Waals surface area contributed by atoms with Gasteiger partial charge < -0.3 is 4.90 Å². The molecule has 1 saturated heterocycles. The number of ketones is 2. The maximum Gasteiger partial charge on any atom is 0.162 e. The van der Waals surface area contributed by atoms with Crippen LogP contribution in [0.2, 0.25) is 0 Å². The van der Waals surface area contributed by atoms with Crippen LogP contribution in [0.1, 0.15) is 35.4 Å². The first kappa shape index (κ1) is 14.6. The van der Waals surface area contributed by atoms with Crippen molar-refractivity contribution < 1.29 is 14.4 Å². The van der Waals surface area contributed by atoms with Gasteiger partial charge in [-0.2, -0.15) is 0 Å². The number of benzene rings is 1. The van der Waals surface area contributed by atoms with Gasteiger partial charge in [0.05, 0.1) is 16.0 Å². The molecule has 1 aliphatic heterocycles. The minimum Gasteiger partial charge on any atom is -0.370 e. The van der Waals surface area contributed by atoms with Crippen LogP contribution in [0.15, 0.2) is 24.3 Å². The maximum atomic E-state index is 12.2. The summed E-state index contributed by atoms with van der Waals surface area (Å²) >= 11 is 1.50. The van der Waals surface area contributed by atoms with Crippen LogP contribution in [-0.2, 0) is 9.59 Å². The molecule has 0 unspecified atom stereocenters. The number of hydrogen-bond acceptors (Lipinski definition) is 5.